The molecule has 0 atom stereocenters. The molecule has 0 saturated heterocycles. The van der Waals surface area contributed by atoms with E-state index in [1.807, 2.05) is 30.3 Å². The van der Waals surface area contributed by atoms with E-state index in [2.05, 4.69) is 5.32 Å². The molecule has 6 heteroatoms. The lowest BCUT2D eigenvalue weighted by molar-refractivity contribution is -0.136. The summed E-state index contributed by atoms with van der Waals surface area (Å²) < 4.78 is 15.1. The summed E-state index contributed by atoms with van der Waals surface area (Å²) in [4.78, 5) is 23.9. The number of benzene rings is 2. The van der Waals surface area contributed by atoms with Crippen molar-refractivity contribution in [3.63, 3.8) is 0 Å². The van der Waals surface area contributed by atoms with Crippen LogP contribution in [0.15, 0.2) is 60.3 Å². The Hall–Kier alpha value is -3.28. The minimum Gasteiger partial charge on any atom is -0.496 e. The molecular weight excluding hydrogens is 322 g/mol. The van der Waals surface area contributed by atoms with Gasteiger partial charge in [0, 0.05) is 5.56 Å². The topological polar surface area (TPSA) is 73.9 Å². The van der Waals surface area contributed by atoms with Crippen LogP contribution in [0.4, 0.5) is 4.79 Å². The van der Waals surface area contributed by atoms with Gasteiger partial charge in [0.25, 0.3) is 0 Å². The van der Waals surface area contributed by atoms with Gasteiger partial charge in [-0.15, -0.1) is 0 Å². The van der Waals surface area contributed by atoms with Crippen molar-refractivity contribution in [1.82, 2.24) is 5.32 Å². The van der Waals surface area contributed by atoms with Gasteiger partial charge in [-0.25, -0.2) is 9.59 Å². The average molecular weight is 341 g/mol. The van der Waals surface area contributed by atoms with Crippen LogP contribution >= 0.6 is 0 Å². The Morgan fingerprint density at radius 3 is 2.36 bits per heavy atom. The molecule has 0 aromatic heterocycles. The van der Waals surface area contributed by atoms with Crippen LogP contribution < -0.4 is 10.1 Å². The number of ether oxygens (including phenoxy) is 3. The predicted octanol–water partition coefficient (Wildman–Crippen LogP) is 3.14. The Morgan fingerprint density at radius 2 is 1.68 bits per heavy atom. The summed E-state index contributed by atoms with van der Waals surface area (Å²) in [6, 6.07) is 16.3. The Kier molecular flexibility index (Phi) is 6.59. The van der Waals surface area contributed by atoms with Crippen molar-refractivity contribution in [1.29, 1.82) is 0 Å². The van der Waals surface area contributed by atoms with E-state index in [0.29, 0.717) is 11.3 Å². The first kappa shape index (κ1) is 18.1. The molecule has 0 fully saturated rings. The first-order chi connectivity index (χ1) is 12.1. The third kappa shape index (κ3) is 5.39. The Balaban J connectivity index is 2.11. The Morgan fingerprint density at radius 1 is 1.00 bits per heavy atom. The lowest BCUT2D eigenvalue weighted by Gasteiger charge is -2.10. The van der Waals surface area contributed by atoms with E-state index in [-0.39, 0.29) is 12.3 Å². The van der Waals surface area contributed by atoms with Crippen molar-refractivity contribution < 1.29 is 23.8 Å². The molecule has 2 rings (SSSR count). The second kappa shape index (κ2) is 9.12. The summed E-state index contributed by atoms with van der Waals surface area (Å²) in [5.74, 6) is -0.133. The second-order valence-electron chi connectivity index (χ2n) is 4.98. The standard InChI is InChI=1S/C19H19NO5/c1-23-17-11-7-6-10-15(17)12-16(18(21)24-2)20-19(22)25-13-14-8-4-3-5-9-14/h3-12H,13H2,1-2H3,(H,20,22)/b16-12-. The second-order valence-corrected chi connectivity index (χ2v) is 4.98. The fourth-order valence-corrected chi connectivity index (χ4v) is 2.07. The summed E-state index contributed by atoms with van der Waals surface area (Å²) in [6.45, 7) is 0.0930. The summed E-state index contributed by atoms with van der Waals surface area (Å²) in [5, 5.41) is 2.41. The van der Waals surface area contributed by atoms with Crippen LogP contribution in [-0.2, 0) is 20.9 Å². The molecule has 25 heavy (non-hydrogen) atoms. The molecule has 0 aliphatic heterocycles. The van der Waals surface area contributed by atoms with Crippen LogP contribution in [0.1, 0.15) is 11.1 Å². The van der Waals surface area contributed by atoms with Gasteiger partial charge in [-0.05, 0) is 17.7 Å². The number of carbonyl (C=O) groups is 2. The molecule has 0 bridgehead atoms. The fourth-order valence-electron chi connectivity index (χ4n) is 2.07. The third-order valence-electron chi connectivity index (χ3n) is 3.29. The zero-order valence-electron chi connectivity index (χ0n) is 14.0. The fraction of sp³-hybridized carbons (Fsp3) is 0.158. The zero-order valence-corrected chi connectivity index (χ0v) is 14.0. The van der Waals surface area contributed by atoms with E-state index in [4.69, 9.17) is 14.2 Å². The maximum absolute atomic E-state index is 12.0. The van der Waals surface area contributed by atoms with E-state index in [0.717, 1.165) is 5.56 Å². The number of carbonyl (C=O) groups excluding carboxylic acids is 2. The molecule has 2 aromatic carbocycles. The van der Waals surface area contributed by atoms with E-state index < -0.39 is 12.1 Å². The molecule has 0 aliphatic rings. The Labute approximate surface area is 146 Å². The molecule has 130 valence electrons. The summed E-state index contributed by atoms with van der Waals surface area (Å²) >= 11 is 0. The molecule has 0 saturated carbocycles. The molecule has 0 unspecified atom stereocenters. The highest BCUT2D eigenvalue weighted by Crippen LogP contribution is 2.20. The monoisotopic (exact) mass is 341 g/mol. The molecule has 0 radical (unpaired) electrons. The van der Waals surface area contributed by atoms with Crippen LogP contribution in [0, 0.1) is 0 Å². The summed E-state index contributed by atoms with van der Waals surface area (Å²) in [5.41, 5.74) is 1.41. The SMILES string of the molecule is COC(=O)/C(=C/c1ccccc1OC)NC(=O)OCc1ccccc1. The quantitative estimate of drug-likeness (QED) is 0.645. The highest BCUT2D eigenvalue weighted by molar-refractivity contribution is 5.97. The Bertz CT molecular complexity index is 755. The average Bonchev–Trinajstić information content (AvgIpc) is 2.66. The number of esters is 1. The van der Waals surface area contributed by atoms with Gasteiger partial charge < -0.3 is 14.2 Å². The number of alkyl carbamates (subject to hydrolysis) is 1. The van der Waals surface area contributed by atoms with Crippen LogP contribution in [0.3, 0.4) is 0 Å². The van der Waals surface area contributed by atoms with Gasteiger partial charge >= 0.3 is 12.1 Å². The van der Waals surface area contributed by atoms with Crippen molar-refractivity contribution in [3.05, 3.63) is 71.4 Å². The first-order valence-electron chi connectivity index (χ1n) is 7.54. The normalized spacial score (nSPS) is 10.7. The van der Waals surface area contributed by atoms with Crippen molar-refractivity contribution in [2.24, 2.45) is 0 Å². The number of hydrogen-bond donors (Lipinski definition) is 1. The van der Waals surface area contributed by atoms with E-state index in [9.17, 15) is 9.59 Å². The van der Waals surface area contributed by atoms with Gasteiger partial charge in [0.2, 0.25) is 0 Å². The van der Waals surface area contributed by atoms with Crippen molar-refractivity contribution in [2.75, 3.05) is 14.2 Å². The van der Waals surface area contributed by atoms with Crippen LogP contribution in [0.2, 0.25) is 0 Å². The van der Waals surface area contributed by atoms with Gasteiger partial charge in [0.1, 0.15) is 18.1 Å². The van der Waals surface area contributed by atoms with Crippen molar-refractivity contribution in [3.8, 4) is 5.75 Å². The minimum atomic E-state index is -0.754. The number of amides is 1. The smallest absolute Gasteiger partial charge is 0.412 e. The number of para-hydroxylation sites is 1. The van der Waals surface area contributed by atoms with Crippen molar-refractivity contribution >= 4 is 18.1 Å². The van der Waals surface area contributed by atoms with Gasteiger partial charge in [0.05, 0.1) is 14.2 Å². The molecule has 0 aliphatic carbocycles. The van der Waals surface area contributed by atoms with Gasteiger partial charge in [-0.1, -0.05) is 48.5 Å². The number of rotatable bonds is 6. The van der Waals surface area contributed by atoms with Crippen LogP contribution in [-0.4, -0.2) is 26.3 Å². The van der Waals surface area contributed by atoms with Crippen molar-refractivity contribution in [2.45, 2.75) is 6.61 Å². The van der Waals surface area contributed by atoms with E-state index >= 15 is 0 Å². The molecule has 6 nitrogen and oxygen atoms in total. The number of methoxy groups -OCH3 is 2. The number of nitrogens with one attached hydrogen (secondary N) is 1. The highest BCUT2D eigenvalue weighted by atomic mass is 16.6. The molecular formula is C19H19NO5. The lowest BCUT2D eigenvalue weighted by Crippen LogP contribution is -2.28. The molecule has 1 N–H and O–H groups in total. The molecule has 0 spiro atoms. The lowest BCUT2D eigenvalue weighted by atomic mass is 10.1. The van der Waals surface area contributed by atoms with Gasteiger partial charge in [-0.3, -0.25) is 5.32 Å². The largest absolute Gasteiger partial charge is 0.496 e. The third-order valence-corrected chi connectivity index (χ3v) is 3.29. The molecule has 2 aromatic rings. The van der Waals surface area contributed by atoms with Crippen LogP contribution in [0.5, 0.6) is 5.75 Å². The molecule has 0 heterocycles. The first-order valence-corrected chi connectivity index (χ1v) is 7.54. The zero-order chi connectivity index (χ0) is 18.1. The summed E-state index contributed by atoms with van der Waals surface area (Å²) in [6.07, 6.45) is 0.712. The molecule has 1 amide bonds. The minimum absolute atomic E-state index is 0.0509. The maximum Gasteiger partial charge on any atom is 0.412 e. The number of hydrogen-bond acceptors (Lipinski definition) is 5. The highest BCUT2D eigenvalue weighted by Gasteiger charge is 2.15. The summed E-state index contributed by atoms with van der Waals surface area (Å²) in [7, 11) is 2.75. The van der Waals surface area contributed by atoms with E-state index in [1.54, 1.807) is 24.3 Å². The van der Waals surface area contributed by atoms with Gasteiger partial charge in [-0.2, -0.15) is 0 Å². The van der Waals surface area contributed by atoms with Crippen LogP contribution in [0.25, 0.3) is 6.08 Å². The van der Waals surface area contributed by atoms with E-state index in [1.165, 1.54) is 20.3 Å². The maximum atomic E-state index is 12.0. The predicted molar refractivity (Wildman–Crippen MR) is 92.7 cm³/mol. The van der Waals surface area contributed by atoms with Gasteiger partial charge in [0.15, 0.2) is 0 Å².